The summed E-state index contributed by atoms with van der Waals surface area (Å²) in [6.45, 7) is 6.77. The Balaban J connectivity index is 2.28. The van der Waals surface area contributed by atoms with E-state index in [4.69, 9.17) is 5.26 Å². The van der Waals surface area contributed by atoms with Crippen LogP contribution in [0.15, 0.2) is 22.7 Å². The lowest BCUT2D eigenvalue weighted by Crippen LogP contribution is -2.40. The number of hydrogen-bond donors (Lipinski definition) is 0. The third-order valence-corrected chi connectivity index (χ3v) is 3.74. The quantitative estimate of drug-likeness (QED) is 0.784. The van der Waals surface area contributed by atoms with Crippen LogP contribution in [0, 0.1) is 16.7 Å². The van der Waals surface area contributed by atoms with E-state index in [0.717, 1.165) is 28.8 Å². The van der Waals surface area contributed by atoms with Gasteiger partial charge in [0.2, 0.25) is 0 Å². The molecule has 1 aromatic carbocycles. The Labute approximate surface area is 111 Å². The van der Waals surface area contributed by atoms with E-state index in [9.17, 15) is 0 Å². The summed E-state index contributed by atoms with van der Waals surface area (Å²) in [5.74, 6) is 0. The summed E-state index contributed by atoms with van der Waals surface area (Å²) in [5, 5.41) is 9.00. The van der Waals surface area contributed by atoms with E-state index < -0.39 is 0 Å². The maximum absolute atomic E-state index is 9.00. The Morgan fingerprint density at radius 1 is 1.35 bits per heavy atom. The third kappa shape index (κ3) is 3.01. The number of benzene rings is 1. The predicted octanol–water partition coefficient (Wildman–Crippen LogP) is 3.95. The van der Waals surface area contributed by atoms with Crippen molar-refractivity contribution < 1.29 is 0 Å². The van der Waals surface area contributed by atoms with Gasteiger partial charge < -0.3 is 4.90 Å². The third-order valence-electron chi connectivity index (χ3n) is 3.28. The average molecular weight is 293 g/mol. The van der Waals surface area contributed by atoms with Crippen molar-refractivity contribution in [2.45, 2.75) is 26.7 Å². The zero-order valence-electron chi connectivity index (χ0n) is 10.3. The molecule has 1 aromatic rings. The first-order valence-corrected chi connectivity index (χ1v) is 6.75. The van der Waals surface area contributed by atoms with Gasteiger partial charge in [0.05, 0.1) is 11.6 Å². The van der Waals surface area contributed by atoms with Crippen molar-refractivity contribution in [3.63, 3.8) is 0 Å². The number of nitrogens with zero attached hydrogens (tertiary/aromatic N) is 2. The minimum absolute atomic E-state index is 0.368. The van der Waals surface area contributed by atoms with Crippen molar-refractivity contribution >= 4 is 21.6 Å². The minimum Gasteiger partial charge on any atom is -0.371 e. The molecular formula is C14H17BrN2. The van der Waals surface area contributed by atoms with E-state index in [-0.39, 0.29) is 0 Å². The van der Waals surface area contributed by atoms with Crippen LogP contribution in [-0.2, 0) is 0 Å². The monoisotopic (exact) mass is 292 g/mol. The molecule has 0 unspecified atom stereocenters. The van der Waals surface area contributed by atoms with Gasteiger partial charge in [-0.2, -0.15) is 5.26 Å². The van der Waals surface area contributed by atoms with E-state index in [1.165, 1.54) is 12.8 Å². The molecule has 0 atom stereocenters. The van der Waals surface area contributed by atoms with Crippen LogP contribution in [0.5, 0.6) is 0 Å². The second-order valence-corrected chi connectivity index (χ2v) is 6.41. The van der Waals surface area contributed by atoms with Gasteiger partial charge in [0.15, 0.2) is 0 Å². The van der Waals surface area contributed by atoms with E-state index in [2.05, 4.69) is 46.8 Å². The molecule has 2 rings (SSSR count). The molecule has 3 heteroatoms. The van der Waals surface area contributed by atoms with Crippen LogP contribution in [0.25, 0.3) is 0 Å². The summed E-state index contributed by atoms with van der Waals surface area (Å²) in [6.07, 6.45) is 2.50. The SMILES string of the molecule is CC1(C)CCCN(c2cc(Br)cc(C#N)c2)C1. The summed E-state index contributed by atoms with van der Waals surface area (Å²) >= 11 is 3.47. The topological polar surface area (TPSA) is 27.0 Å². The first-order chi connectivity index (χ1) is 8.00. The highest BCUT2D eigenvalue weighted by molar-refractivity contribution is 9.10. The Bertz CT molecular complexity index is 460. The van der Waals surface area contributed by atoms with Crippen LogP contribution in [0.3, 0.4) is 0 Å². The van der Waals surface area contributed by atoms with E-state index in [0.29, 0.717) is 5.41 Å². The Hall–Kier alpha value is -1.01. The van der Waals surface area contributed by atoms with Crippen LogP contribution in [-0.4, -0.2) is 13.1 Å². The van der Waals surface area contributed by atoms with Gasteiger partial charge in [-0.1, -0.05) is 29.8 Å². The molecular weight excluding hydrogens is 276 g/mol. The maximum Gasteiger partial charge on any atom is 0.0992 e. The lowest BCUT2D eigenvalue weighted by atomic mass is 9.84. The normalized spacial score (nSPS) is 18.8. The highest BCUT2D eigenvalue weighted by Gasteiger charge is 2.26. The fourth-order valence-electron chi connectivity index (χ4n) is 2.46. The molecule has 1 heterocycles. The second-order valence-electron chi connectivity index (χ2n) is 5.50. The van der Waals surface area contributed by atoms with Gasteiger partial charge in [-0.3, -0.25) is 0 Å². The molecule has 90 valence electrons. The van der Waals surface area contributed by atoms with Crippen molar-refractivity contribution in [2.75, 3.05) is 18.0 Å². The van der Waals surface area contributed by atoms with Crippen molar-refractivity contribution in [3.05, 3.63) is 28.2 Å². The van der Waals surface area contributed by atoms with Gasteiger partial charge in [0.25, 0.3) is 0 Å². The first-order valence-electron chi connectivity index (χ1n) is 5.96. The van der Waals surface area contributed by atoms with Crippen molar-refractivity contribution in [1.29, 1.82) is 5.26 Å². The largest absolute Gasteiger partial charge is 0.371 e. The summed E-state index contributed by atoms with van der Waals surface area (Å²) < 4.78 is 0.981. The van der Waals surface area contributed by atoms with Crippen molar-refractivity contribution in [2.24, 2.45) is 5.41 Å². The van der Waals surface area contributed by atoms with Gasteiger partial charge in [-0.15, -0.1) is 0 Å². The van der Waals surface area contributed by atoms with Crippen LogP contribution in [0.1, 0.15) is 32.3 Å². The zero-order chi connectivity index (χ0) is 12.5. The molecule has 0 saturated carbocycles. The van der Waals surface area contributed by atoms with Gasteiger partial charge in [-0.25, -0.2) is 0 Å². The fourth-order valence-corrected chi connectivity index (χ4v) is 2.95. The number of nitriles is 1. The van der Waals surface area contributed by atoms with Crippen molar-refractivity contribution in [1.82, 2.24) is 0 Å². The summed E-state index contributed by atoms with van der Waals surface area (Å²) in [7, 11) is 0. The standard InChI is InChI=1S/C14H17BrN2/c1-14(2)4-3-5-17(10-14)13-7-11(9-16)6-12(15)8-13/h6-8H,3-5,10H2,1-2H3. The van der Waals surface area contributed by atoms with Gasteiger partial charge in [0.1, 0.15) is 0 Å². The molecule has 0 radical (unpaired) electrons. The molecule has 1 saturated heterocycles. The highest BCUT2D eigenvalue weighted by Crippen LogP contribution is 2.32. The Morgan fingerprint density at radius 2 is 2.12 bits per heavy atom. The first kappa shape index (κ1) is 12.4. The lowest BCUT2D eigenvalue weighted by Gasteiger charge is -2.39. The van der Waals surface area contributed by atoms with Crippen LogP contribution in [0.4, 0.5) is 5.69 Å². The molecule has 0 amide bonds. The van der Waals surface area contributed by atoms with E-state index in [1.807, 2.05) is 12.1 Å². The van der Waals surface area contributed by atoms with Crippen LogP contribution in [0.2, 0.25) is 0 Å². The molecule has 1 fully saturated rings. The fraction of sp³-hybridized carbons (Fsp3) is 0.500. The van der Waals surface area contributed by atoms with Gasteiger partial charge in [-0.05, 0) is 36.5 Å². The molecule has 0 spiro atoms. The van der Waals surface area contributed by atoms with Crippen LogP contribution >= 0.6 is 15.9 Å². The lowest BCUT2D eigenvalue weighted by molar-refractivity contribution is 0.293. The molecule has 0 bridgehead atoms. The molecule has 0 aliphatic carbocycles. The summed E-state index contributed by atoms with van der Waals surface area (Å²) in [4.78, 5) is 2.38. The second kappa shape index (κ2) is 4.70. The molecule has 17 heavy (non-hydrogen) atoms. The molecule has 0 N–H and O–H groups in total. The number of hydrogen-bond acceptors (Lipinski definition) is 2. The number of anilines is 1. The molecule has 2 nitrogen and oxygen atoms in total. The average Bonchev–Trinajstić information content (AvgIpc) is 2.27. The summed E-state index contributed by atoms with van der Waals surface area (Å²) in [6, 6.07) is 8.15. The number of piperidine rings is 1. The maximum atomic E-state index is 9.00. The Morgan fingerprint density at radius 3 is 2.76 bits per heavy atom. The summed E-state index contributed by atoms with van der Waals surface area (Å²) in [5.41, 5.74) is 2.24. The van der Waals surface area contributed by atoms with E-state index >= 15 is 0 Å². The number of halogens is 1. The molecule has 1 aliphatic heterocycles. The van der Waals surface area contributed by atoms with Crippen molar-refractivity contribution in [3.8, 4) is 6.07 Å². The molecule has 1 aliphatic rings. The molecule has 0 aromatic heterocycles. The van der Waals surface area contributed by atoms with Crippen LogP contribution < -0.4 is 4.90 Å². The smallest absolute Gasteiger partial charge is 0.0992 e. The van der Waals surface area contributed by atoms with Gasteiger partial charge >= 0.3 is 0 Å². The zero-order valence-corrected chi connectivity index (χ0v) is 11.9. The van der Waals surface area contributed by atoms with E-state index in [1.54, 1.807) is 0 Å². The predicted molar refractivity (Wildman–Crippen MR) is 74.1 cm³/mol. The minimum atomic E-state index is 0.368. The Kier molecular flexibility index (Phi) is 3.44. The number of rotatable bonds is 1. The highest BCUT2D eigenvalue weighted by atomic mass is 79.9. The van der Waals surface area contributed by atoms with Gasteiger partial charge in [0, 0.05) is 23.2 Å².